The minimum Gasteiger partial charge on any atom is -0.508 e. The van der Waals surface area contributed by atoms with Gasteiger partial charge in [-0.1, -0.05) is 12.1 Å². The molecule has 0 fully saturated rings. The van der Waals surface area contributed by atoms with Gasteiger partial charge in [-0.2, -0.15) is 0 Å². The molecule has 2 aromatic carbocycles. The summed E-state index contributed by atoms with van der Waals surface area (Å²) >= 11 is 0. The van der Waals surface area contributed by atoms with Gasteiger partial charge in [0.1, 0.15) is 11.6 Å². The van der Waals surface area contributed by atoms with Gasteiger partial charge in [-0.3, -0.25) is 0 Å². The standard InChI is InChI=1S/C16H16FNO3/c1-10-4-3-5-12(8-10)18-15(16(20)21-2)13-9-11(17)6-7-14(13)19/h3-9,15,18-19H,1-2H3. The number of carbonyl (C=O) groups is 1. The van der Waals surface area contributed by atoms with Gasteiger partial charge in [-0.05, 0) is 42.8 Å². The molecule has 0 aliphatic heterocycles. The lowest BCUT2D eigenvalue weighted by atomic mass is 10.0. The van der Waals surface area contributed by atoms with Crippen molar-refractivity contribution in [3.05, 3.63) is 59.4 Å². The first-order valence-electron chi connectivity index (χ1n) is 6.40. The molecule has 0 aliphatic rings. The molecule has 0 aliphatic carbocycles. The summed E-state index contributed by atoms with van der Waals surface area (Å²) in [7, 11) is 1.24. The Labute approximate surface area is 122 Å². The van der Waals surface area contributed by atoms with E-state index in [4.69, 9.17) is 4.74 Å². The number of rotatable bonds is 4. The number of aryl methyl sites for hydroxylation is 1. The fourth-order valence-corrected chi connectivity index (χ4v) is 2.04. The second-order valence-corrected chi connectivity index (χ2v) is 4.67. The van der Waals surface area contributed by atoms with Crippen LogP contribution in [0.2, 0.25) is 0 Å². The third kappa shape index (κ3) is 3.51. The first kappa shape index (κ1) is 14.8. The number of carbonyl (C=O) groups excluding carboxylic acids is 1. The number of methoxy groups -OCH3 is 1. The Bertz CT molecular complexity index is 658. The smallest absolute Gasteiger partial charge is 0.333 e. The first-order valence-corrected chi connectivity index (χ1v) is 6.40. The third-order valence-corrected chi connectivity index (χ3v) is 3.07. The molecule has 0 spiro atoms. The van der Waals surface area contributed by atoms with Gasteiger partial charge in [0, 0.05) is 11.3 Å². The number of halogens is 1. The third-order valence-electron chi connectivity index (χ3n) is 3.07. The summed E-state index contributed by atoms with van der Waals surface area (Å²) in [6.45, 7) is 1.91. The molecule has 2 N–H and O–H groups in total. The SMILES string of the molecule is COC(=O)C(Nc1cccc(C)c1)c1cc(F)ccc1O. The quantitative estimate of drug-likeness (QED) is 0.849. The number of hydrogen-bond donors (Lipinski definition) is 2. The molecule has 0 saturated carbocycles. The normalized spacial score (nSPS) is 11.8. The second kappa shape index (κ2) is 6.26. The monoisotopic (exact) mass is 289 g/mol. The Hall–Kier alpha value is -2.56. The van der Waals surface area contributed by atoms with E-state index in [2.05, 4.69) is 5.32 Å². The van der Waals surface area contributed by atoms with E-state index in [-0.39, 0.29) is 11.3 Å². The minimum atomic E-state index is -0.993. The predicted octanol–water partition coefficient (Wildman–Crippen LogP) is 3.17. The molecule has 0 aromatic heterocycles. The molecule has 5 heteroatoms. The van der Waals surface area contributed by atoms with Crippen molar-refractivity contribution >= 4 is 11.7 Å². The average Bonchev–Trinajstić information content (AvgIpc) is 2.47. The van der Waals surface area contributed by atoms with Crippen molar-refractivity contribution in [1.82, 2.24) is 0 Å². The lowest BCUT2D eigenvalue weighted by Crippen LogP contribution is -2.22. The van der Waals surface area contributed by atoms with Gasteiger partial charge in [0.25, 0.3) is 0 Å². The van der Waals surface area contributed by atoms with Crippen LogP contribution in [-0.2, 0) is 9.53 Å². The Kier molecular flexibility index (Phi) is 4.42. The molecule has 21 heavy (non-hydrogen) atoms. The summed E-state index contributed by atoms with van der Waals surface area (Å²) in [5.41, 5.74) is 1.81. The lowest BCUT2D eigenvalue weighted by molar-refractivity contribution is -0.141. The number of benzene rings is 2. The summed E-state index contributed by atoms with van der Waals surface area (Å²) in [4.78, 5) is 11.9. The van der Waals surface area contributed by atoms with Crippen molar-refractivity contribution in [3.8, 4) is 5.75 Å². The van der Waals surface area contributed by atoms with Crippen LogP contribution in [0.5, 0.6) is 5.75 Å². The predicted molar refractivity (Wildman–Crippen MR) is 77.6 cm³/mol. The van der Waals surface area contributed by atoms with Gasteiger partial charge in [-0.15, -0.1) is 0 Å². The molecule has 2 rings (SSSR count). The molecule has 0 amide bonds. The highest BCUT2D eigenvalue weighted by molar-refractivity contribution is 5.82. The number of phenols is 1. The summed E-state index contributed by atoms with van der Waals surface area (Å²) in [6, 6.07) is 9.81. The molecule has 0 heterocycles. The molecule has 1 atom stereocenters. The van der Waals surface area contributed by atoms with Gasteiger partial charge in [0.2, 0.25) is 0 Å². The topological polar surface area (TPSA) is 58.6 Å². The van der Waals surface area contributed by atoms with E-state index in [1.54, 1.807) is 6.07 Å². The van der Waals surface area contributed by atoms with Gasteiger partial charge in [-0.25, -0.2) is 9.18 Å². The fraction of sp³-hybridized carbons (Fsp3) is 0.188. The van der Waals surface area contributed by atoms with Crippen LogP contribution in [0.15, 0.2) is 42.5 Å². The molecule has 0 radical (unpaired) electrons. The number of anilines is 1. The fourth-order valence-electron chi connectivity index (χ4n) is 2.04. The molecule has 2 aromatic rings. The summed E-state index contributed by atoms with van der Waals surface area (Å²) in [5.74, 6) is -1.33. The Morgan fingerprint density at radius 1 is 1.29 bits per heavy atom. The Morgan fingerprint density at radius 2 is 2.05 bits per heavy atom. The highest BCUT2D eigenvalue weighted by atomic mass is 19.1. The molecule has 0 bridgehead atoms. The van der Waals surface area contributed by atoms with Crippen LogP contribution in [0.4, 0.5) is 10.1 Å². The van der Waals surface area contributed by atoms with Crippen molar-refractivity contribution in [2.24, 2.45) is 0 Å². The summed E-state index contributed by atoms with van der Waals surface area (Å²) in [6.07, 6.45) is 0. The number of ether oxygens (including phenoxy) is 1. The zero-order valence-electron chi connectivity index (χ0n) is 11.8. The summed E-state index contributed by atoms with van der Waals surface area (Å²) < 4.78 is 18.1. The van der Waals surface area contributed by atoms with E-state index < -0.39 is 17.8 Å². The van der Waals surface area contributed by atoms with Crippen LogP contribution >= 0.6 is 0 Å². The molecule has 0 saturated heterocycles. The maximum Gasteiger partial charge on any atom is 0.333 e. The zero-order valence-corrected chi connectivity index (χ0v) is 11.8. The number of hydrogen-bond acceptors (Lipinski definition) is 4. The van der Waals surface area contributed by atoms with Gasteiger partial charge < -0.3 is 15.2 Å². The second-order valence-electron chi connectivity index (χ2n) is 4.67. The molecule has 110 valence electrons. The van der Waals surface area contributed by atoms with Crippen LogP contribution in [-0.4, -0.2) is 18.2 Å². The van der Waals surface area contributed by atoms with Gasteiger partial charge in [0.05, 0.1) is 7.11 Å². The van der Waals surface area contributed by atoms with Crippen molar-refractivity contribution in [2.45, 2.75) is 13.0 Å². The summed E-state index contributed by atoms with van der Waals surface area (Å²) in [5, 5.41) is 12.8. The van der Waals surface area contributed by atoms with E-state index in [0.717, 1.165) is 17.7 Å². The van der Waals surface area contributed by atoms with Gasteiger partial charge in [0.15, 0.2) is 6.04 Å². The number of phenolic OH excluding ortho intramolecular Hbond substituents is 1. The molecule has 1 unspecified atom stereocenters. The van der Waals surface area contributed by atoms with Crippen molar-refractivity contribution < 1.29 is 19.0 Å². The number of aromatic hydroxyl groups is 1. The van der Waals surface area contributed by atoms with Crippen molar-refractivity contribution in [3.63, 3.8) is 0 Å². The average molecular weight is 289 g/mol. The van der Waals surface area contributed by atoms with Crippen LogP contribution in [0, 0.1) is 12.7 Å². The van der Waals surface area contributed by atoms with Crippen LogP contribution < -0.4 is 5.32 Å². The highest BCUT2D eigenvalue weighted by Gasteiger charge is 2.24. The highest BCUT2D eigenvalue weighted by Crippen LogP contribution is 2.29. The lowest BCUT2D eigenvalue weighted by Gasteiger charge is -2.19. The number of nitrogens with one attached hydrogen (secondary N) is 1. The number of esters is 1. The van der Waals surface area contributed by atoms with Gasteiger partial charge >= 0.3 is 5.97 Å². The van der Waals surface area contributed by atoms with E-state index in [9.17, 15) is 14.3 Å². The van der Waals surface area contributed by atoms with Crippen LogP contribution in [0.1, 0.15) is 17.2 Å². The van der Waals surface area contributed by atoms with Crippen molar-refractivity contribution in [1.29, 1.82) is 0 Å². The molecular formula is C16H16FNO3. The maximum absolute atomic E-state index is 13.4. The van der Waals surface area contributed by atoms with Crippen LogP contribution in [0.25, 0.3) is 0 Å². The first-order chi connectivity index (χ1) is 10.0. The van der Waals surface area contributed by atoms with E-state index >= 15 is 0 Å². The van der Waals surface area contributed by atoms with E-state index in [1.807, 2.05) is 25.1 Å². The van der Waals surface area contributed by atoms with Crippen molar-refractivity contribution in [2.75, 3.05) is 12.4 Å². The largest absolute Gasteiger partial charge is 0.508 e. The van der Waals surface area contributed by atoms with E-state index in [1.165, 1.54) is 13.2 Å². The minimum absolute atomic E-state index is 0.128. The van der Waals surface area contributed by atoms with Crippen LogP contribution in [0.3, 0.4) is 0 Å². The Morgan fingerprint density at radius 3 is 2.71 bits per heavy atom. The molecule has 4 nitrogen and oxygen atoms in total. The Balaban J connectivity index is 2.39. The maximum atomic E-state index is 13.4. The zero-order chi connectivity index (χ0) is 15.4. The molecular weight excluding hydrogens is 273 g/mol. The van der Waals surface area contributed by atoms with E-state index in [0.29, 0.717) is 5.69 Å².